The fraction of sp³-hybridized carbons (Fsp3) is 0.684. The molecule has 2 fully saturated rings. The van der Waals surface area contributed by atoms with Gasteiger partial charge in [-0.05, 0) is 24.0 Å². The molecular formula is C19H30N4O5S. The van der Waals surface area contributed by atoms with Crippen LogP contribution in [0.4, 0.5) is 5.82 Å². The molecule has 0 radical (unpaired) electrons. The first-order valence-corrected chi connectivity index (χ1v) is 11.5. The summed E-state index contributed by atoms with van der Waals surface area (Å²) in [7, 11) is -3.95. The minimum absolute atomic E-state index is 0.0286. The molecule has 0 bridgehead atoms. The molecule has 0 atom stereocenters. The lowest BCUT2D eigenvalue weighted by atomic mass is 9.98. The van der Waals surface area contributed by atoms with Gasteiger partial charge in [0.15, 0.2) is 4.75 Å². The second-order valence-electron chi connectivity index (χ2n) is 8.06. The van der Waals surface area contributed by atoms with Gasteiger partial charge in [-0.2, -0.15) is 4.31 Å². The van der Waals surface area contributed by atoms with Crippen molar-refractivity contribution in [1.82, 2.24) is 14.8 Å². The van der Waals surface area contributed by atoms with Crippen molar-refractivity contribution in [2.45, 2.75) is 37.9 Å². The Morgan fingerprint density at radius 1 is 1.24 bits per heavy atom. The van der Waals surface area contributed by atoms with E-state index in [1.165, 1.54) is 9.87 Å². The molecule has 2 aliphatic rings. The summed E-state index contributed by atoms with van der Waals surface area (Å²) in [6, 6.07) is 4.04. The van der Waals surface area contributed by atoms with Gasteiger partial charge in [-0.15, -0.1) is 0 Å². The van der Waals surface area contributed by atoms with E-state index in [0.29, 0.717) is 19.0 Å². The smallest absolute Gasteiger partial charge is 0.266 e. The van der Waals surface area contributed by atoms with Crippen LogP contribution in [-0.4, -0.2) is 73.0 Å². The van der Waals surface area contributed by atoms with Gasteiger partial charge in [0.2, 0.25) is 10.0 Å². The van der Waals surface area contributed by atoms with Gasteiger partial charge >= 0.3 is 0 Å². The van der Waals surface area contributed by atoms with E-state index in [-0.39, 0.29) is 39.1 Å². The fourth-order valence-electron chi connectivity index (χ4n) is 4.01. The Morgan fingerprint density at radius 2 is 1.90 bits per heavy atom. The van der Waals surface area contributed by atoms with Crippen LogP contribution in [-0.2, 0) is 26.0 Å². The molecule has 162 valence electrons. The number of hydrogen-bond acceptors (Lipinski definition) is 7. The molecule has 0 spiro atoms. The van der Waals surface area contributed by atoms with E-state index in [1.807, 2.05) is 17.2 Å². The molecule has 29 heavy (non-hydrogen) atoms. The Morgan fingerprint density at radius 3 is 2.41 bits per heavy atom. The lowest BCUT2D eigenvalue weighted by molar-refractivity contribution is -0.134. The van der Waals surface area contributed by atoms with Crippen molar-refractivity contribution in [3.63, 3.8) is 0 Å². The van der Waals surface area contributed by atoms with Gasteiger partial charge in [-0.1, -0.05) is 19.9 Å². The van der Waals surface area contributed by atoms with Crippen LogP contribution in [0, 0.1) is 5.92 Å². The topological polar surface area (TPSA) is 112 Å². The zero-order valence-electron chi connectivity index (χ0n) is 17.0. The molecule has 1 amide bonds. The second-order valence-corrected chi connectivity index (χ2v) is 10.3. The van der Waals surface area contributed by atoms with Crippen LogP contribution in [0.1, 0.15) is 32.3 Å². The van der Waals surface area contributed by atoms with E-state index in [2.05, 4.69) is 24.9 Å². The van der Waals surface area contributed by atoms with Crippen LogP contribution < -0.4 is 10.4 Å². The summed E-state index contributed by atoms with van der Waals surface area (Å²) in [5, 5.41) is 9.14. The fourth-order valence-corrected chi connectivity index (χ4v) is 6.11. The predicted molar refractivity (Wildman–Crippen MR) is 108 cm³/mol. The van der Waals surface area contributed by atoms with Gasteiger partial charge < -0.3 is 9.64 Å². The summed E-state index contributed by atoms with van der Waals surface area (Å²) in [5.74, 6) is 0.499. The van der Waals surface area contributed by atoms with Crippen LogP contribution in [0.2, 0.25) is 0 Å². The van der Waals surface area contributed by atoms with Gasteiger partial charge in [0.1, 0.15) is 5.82 Å². The van der Waals surface area contributed by atoms with Crippen LogP contribution in [0.25, 0.3) is 0 Å². The minimum atomic E-state index is -3.95. The van der Waals surface area contributed by atoms with Gasteiger partial charge in [-0.3, -0.25) is 10.0 Å². The molecule has 0 unspecified atom stereocenters. The molecule has 2 N–H and O–H groups in total. The Hall–Kier alpha value is -1.75. The zero-order chi connectivity index (χ0) is 21.1. The molecule has 1 aromatic heterocycles. The summed E-state index contributed by atoms with van der Waals surface area (Å²) in [6.07, 6.45) is 2.90. The first-order chi connectivity index (χ1) is 13.8. The molecule has 2 saturated heterocycles. The van der Waals surface area contributed by atoms with Gasteiger partial charge in [0, 0.05) is 58.4 Å². The highest BCUT2D eigenvalue weighted by molar-refractivity contribution is 7.91. The number of pyridine rings is 1. The van der Waals surface area contributed by atoms with E-state index in [9.17, 15) is 13.2 Å². The van der Waals surface area contributed by atoms with Crippen LogP contribution >= 0.6 is 0 Å². The van der Waals surface area contributed by atoms with E-state index in [0.717, 1.165) is 12.2 Å². The molecule has 1 aromatic rings. The number of piperazine rings is 1. The number of aromatic nitrogens is 1. The third-order valence-corrected chi connectivity index (χ3v) is 8.29. The average molecular weight is 427 g/mol. The minimum Gasteiger partial charge on any atom is -0.381 e. The van der Waals surface area contributed by atoms with E-state index >= 15 is 0 Å². The molecule has 9 nitrogen and oxygen atoms in total. The normalized spacial score (nSPS) is 20.6. The Labute approximate surface area is 172 Å². The summed E-state index contributed by atoms with van der Waals surface area (Å²) in [4.78, 5) is 18.9. The number of nitrogens with zero attached hydrogens (tertiary/aromatic N) is 3. The van der Waals surface area contributed by atoms with Crippen molar-refractivity contribution in [2.75, 3.05) is 44.3 Å². The van der Waals surface area contributed by atoms with Crippen molar-refractivity contribution in [3.8, 4) is 0 Å². The number of hydroxylamine groups is 1. The van der Waals surface area contributed by atoms with Gasteiger partial charge in [-0.25, -0.2) is 18.9 Å². The third kappa shape index (κ3) is 4.40. The number of amides is 1. The molecule has 2 aliphatic heterocycles. The molecule has 0 saturated carbocycles. The first-order valence-electron chi connectivity index (χ1n) is 10.0. The maximum absolute atomic E-state index is 13.3. The lowest BCUT2D eigenvalue weighted by Gasteiger charge is -2.41. The number of anilines is 1. The quantitative estimate of drug-likeness (QED) is 0.511. The van der Waals surface area contributed by atoms with Crippen LogP contribution in [0.15, 0.2) is 18.3 Å². The number of carbonyl (C=O) groups excluding carboxylic acids is 1. The van der Waals surface area contributed by atoms with Crippen molar-refractivity contribution in [1.29, 1.82) is 0 Å². The number of carbonyl (C=O) groups is 1. The van der Waals surface area contributed by atoms with Crippen LogP contribution in [0.3, 0.4) is 0 Å². The zero-order valence-corrected chi connectivity index (χ0v) is 17.8. The first kappa shape index (κ1) is 21.9. The Bertz CT molecular complexity index is 798. The average Bonchev–Trinajstić information content (AvgIpc) is 2.73. The Kier molecular flexibility index (Phi) is 6.77. The highest BCUT2D eigenvalue weighted by Crippen LogP contribution is 2.33. The summed E-state index contributed by atoms with van der Waals surface area (Å²) in [5.41, 5.74) is 2.74. The molecule has 0 aromatic carbocycles. The second kappa shape index (κ2) is 8.95. The summed E-state index contributed by atoms with van der Waals surface area (Å²) < 4.78 is 31.6. The van der Waals surface area contributed by atoms with E-state index in [4.69, 9.17) is 9.94 Å². The third-order valence-electron chi connectivity index (χ3n) is 5.67. The predicted octanol–water partition coefficient (Wildman–Crippen LogP) is 0.787. The molecule has 3 rings (SSSR count). The molecule has 3 heterocycles. The van der Waals surface area contributed by atoms with Gasteiger partial charge in [0.05, 0.1) is 0 Å². The monoisotopic (exact) mass is 426 g/mol. The van der Waals surface area contributed by atoms with Crippen LogP contribution in [0.5, 0.6) is 0 Å². The maximum atomic E-state index is 13.3. The van der Waals surface area contributed by atoms with Crippen molar-refractivity contribution in [3.05, 3.63) is 23.9 Å². The Balaban J connectivity index is 1.69. The number of hydrogen-bond donors (Lipinski definition) is 2. The highest BCUT2D eigenvalue weighted by Gasteiger charge is 2.54. The summed E-state index contributed by atoms with van der Waals surface area (Å²) in [6.45, 7) is 6.16. The van der Waals surface area contributed by atoms with Gasteiger partial charge in [0.25, 0.3) is 5.91 Å². The number of ether oxygens (including phenoxy) is 1. The summed E-state index contributed by atoms with van der Waals surface area (Å²) >= 11 is 0. The number of sulfonamides is 1. The van der Waals surface area contributed by atoms with E-state index in [1.54, 1.807) is 5.48 Å². The molecular weight excluding hydrogens is 396 g/mol. The number of nitrogens with one attached hydrogen (secondary N) is 1. The van der Waals surface area contributed by atoms with Crippen molar-refractivity contribution < 1.29 is 23.2 Å². The SMILES string of the molecule is CC(C)Cc1ccc(N2CCN(S(=O)(=O)C3(C(=O)NO)CCOCC3)CC2)nc1. The standard InChI is InChI=1S/C19H30N4O5S/c1-15(2)13-16-3-4-17(20-14-16)22-7-9-23(10-8-22)29(26,27)19(18(24)21-25)5-11-28-12-6-19/h3-4,14-15,25H,5-13H2,1-2H3,(H,21,24). The lowest BCUT2D eigenvalue weighted by Crippen LogP contribution is -2.62. The largest absolute Gasteiger partial charge is 0.381 e. The molecule has 0 aliphatic carbocycles. The highest BCUT2D eigenvalue weighted by atomic mass is 32.2. The van der Waals surface area contributed by atoms with E-state index < -0.39 is 20.7 Å². The van der Waals surface area contributed by atoms with Crippen molar-refractivity contribution >= 4 is 21.7 Å². The molecule has 10 heteroatoms. The number of rotatable bonds is 6. The maximum Gasteiger partial charge on any atom is 0.266 e. The van der Waals surface area contributed by atoms with Crippen molar-refractivity contribution in [2.24, 2.45) is 5.92 Å².